The van der Waals surface area contributed by atoms with E-state index in [9.17, 15) is 9.59 Å². The predicted octanol–water partition coefficient (Wildman–Crippen LogP) is 3.14. The van der Waals surface area contributed by atoms with Crippen LogP contribution in [0.15, 0.2) is 36.4 Å². The third-order valence-corrected chi connectivity index (χ3v) is 4.95. The fourth-order valence-electron chi connectivity index (χ4n) is 3.07. The van der Waals surface area contributed by atoms with Gasteiger partial charge in [0.15, 0.2) is 6.61 Å². The molecule has 1 aliphatic heterocycles. The number of aryl methyl sites for hydroxylation is 1. The van der Waals surface area contributed by atoms with Gasteiger partial charge in [-0.05, 0) is 43.2 Å². The van der Waals surface area contributed by atoms with Crippen LogP contribution in [0.3, 0.4) is 0 Å². The van der Waals surface area contributed by atoms with Gasteiger partial charge in [-0.15, -0.1) is 0 Å². The van der Waals surface area contributed by atoms with E-state index in [0.717, 1.165) is 28.5 Å². The summed E-state index contributed by atoms with van der Waals surface area (Å²) in [6.45, 7) is 2.47. The Hall–Kier alpha value is -3.00. The summed E-state index contributed by atoms with van der Waals surface area (Å²) >= 11 is 1.12. The average Bonchev–Trinajstić information content (AvgIpc) is 3.13. The number of aromatic nitrogens is 2. The minimum atomic E-state index is -0.110. The normalized spacial score (nSPS) is 13.4. The molecule has 2 heterocycles. The molecule has 0 unspecified atom stereocenters. The van der Waals surface area contributed by atoms with Gasteiger partial charge in [0, 0.05) is 13.0 Å². The number of hydrogen-bond donors (Lipinski definition) is 1. The summed E-state index contributed by atoms with van der Waals surface area (Å²) in [7, 11) is 0. The van der Waals surface area contributed by atoms with Crippen molar-refractivity contribution in [2.24, 2.45) is 0 Å². The Bertz CT molecular complexity index is 1020. The Balaban J connectivity index is 1.38. The van der Waals surface area contributed by atoms with E-state index in [0.29, 0.717) is 36.3 Å². The number of nitrogens with one attached hydrogen (secondary N) is 1. The minimum absolute atomic E-state index is 0.0288. The van der Waals surface area contributed by atoms with E-state index in [1.54, 1.807) is 4.90 Å². The smallest absolute Gasteiger partial charge is 0.265 e. The third-order valence-electron chi connectivity index (χ3n) is 4.40. The van der Waals surface area contributed by atoms with E-state index in [1.165, 1.54) is 0 Å². The molecule has 0 aliphatic carbocycles. The quantitative estimate of drug-likeness (QED) is 0.733. The number of benzene rings is 2. The van der Waals surface area contributed by atoms with Crippen molar-refractivity contribution in [2.75, 3.05) is 23.4 Å². The van der Waals surface area contributed by atoms with Crippen LogP contribution < -0.4 is 15.0 Å². The maximum absolute atomic E-state index is 12.3. The van der Waals surface area contributed by atoms with Crippen LogP contribution in [0.5, 0.6) is 5.75 Å². The van der Waals surface area contributed by atoms with E-state index < -0.39 is 0 Å². The van der Waals surface area contributed by atoms with Gasteiger partial charge in [0.25, 0.3) is 5.91 Å². The van der Waals surface area contributed by atoms with Gasteiger partial charge in [-0.2, -0.15) is 8.75 Å². The van der Waals surface area contributed by atoms with E-state index in [1.807, 2.05) is 43.3 Å². The number of rotatable bonds is 5. The molecule has 7 nitrogen and oxygen atoms in total. The van der Waals surface area contributed by atoms with E-state index in [4.69, 9.17) is 4.74 Å². The summed E-state index contributed by atoms with van der Waals surface area (Å²) in [6, 6.07) is 11.3. The van der Waals surface area contributed by atoms with Crippen LogP contribution in [0, 0.1) is 6.92 Å². The standard InChI is InChI=1S/C19H18N4O3S/c1-12-7-8-16-15(10-12)23(18(25)11-26-16)9-3-6-17(24)20-13-4-2-5-14-19(13)22-27-21-14/h2,4-5,7-8,10H,3,6,9,11H2,1H3,(H,20,24). The Labute approximate surface area is 160 Å². The second-order valence-corrected chi connectivity index (χ2v) is 6.92. The first-order valence-electron chi connectivity index (χ1n) is 8.67. The lowest BCUT2D eigenvalue weighted by molar-refractivity contribution is -0.121. The molecule has 0 spiro atoms. The summed E-state index contributed by atoms with van der Waals surface area (Å²) in [5, 5.41) is 2.89. The highest BCUT2D eigenvalue weighted by atomic mass is 32.1. The zero-order valence-electron chi connectivity index (χ0n) is 14.8. The first-order valence-corrected chi connectivity index (χ1v) is 9.40. The number of fused-ring (bicyclic) bond motifs is 2. The Morgan fingerprint density at radius 2 is 2.19 bits per heavy atom. The monoisotopic (exact) mass is 382 g/mol. The topological polar surface area (TPSA) is 84.4 Å². The number of nitrogens with zero attached hydrogens (tertiary/aromatic N) is 3. The molecule has 0 saturated heterocycles. The molecular formula is C19H18N4O3S. The van der Waals surface area contributed by atoms with Crippen molar-refractivity contribution in [3.05, 3.63) is 42.0 Å². The molecule has 0 fully saturated rings. The Morgan fingerprint density at radius 3 is 3.07 bits per heavy atom. The van der Waals surface area contributed by atoms with Crippen molar-refractivity contribution in [1.82, 2.24) is 8.75 Å². The molecular weight excluding hydrogens is 364 g/mol. The molecule has 1 aromatic heterocycles. The number of carbonyl (C=O) groups is 2. The fraction of sp³-hybridized carbons (Fsp3) is 0.263. The highest BCUT2D eigenvalue weighted by Gasteiger charge is 2.25. The fourth-order valence-corrected chi connectivity index (χ4v) is 3.62. The van der Waals surface area contributed by atoms with Crippen molar-refractivity contribution >= 4 is 46.0 Å². The maximum Gasteiger partial charge on any atom is 0.265 e. The van der Waals surface area contributed by atoms with E-state index >= 15 is 0 Å². The molecule has 3 aromatic rings. The largest absolute Gasteiger partial charge is 0.482 e. The van der Waals surface area contributed by atoms with Crippen LogP contribution in [0.4, 0.5) is 11.4 Å². The van der Waals surface area contributed by atoms with Crippen LogP contribution in [0.1, 0.15) is 18.4 Å². The van der Waals surface area contributed by atoms with Crippen molar-refractivity contribution < 1.29 is 14.3 Å². The zero-order chi connectivity index (χ0) is 18.8. The number of ether oxygens (including phenoxy) is 1. The summed E-state index contributed by atoms with van der Waals surface area (Å²) in [5.41, 5.74) is 3.95. The van der Waals surface area contributed by atoms with Crippen LogP contribution in [0.25, 0.3) is 11.0 Å². The van der Waals surface area contributed by atoms with Gasteiger partial charge in [0.05, 0.1) is 23.1 Å². The van der Waals surface area contributed by atoms with Crippen LogP contribution in [-0.4, -0.2) is 33.7 Å². The van der Waals surface area contributed by atoms with Gasteiger partial charge < -0.3 is 15.0 Å². The van der Waals surface area contributed by atoms with Gasteiger partial charge >= 0.3 is 0 Å². The lowest BCUT2D eigenvalue weighted by atomic mass is 10.1. The van der Waals surface area contributed by atoms with E-state index in [2.05, 4.69) is 14.1 Å². The SMILES string of the molecule is Cc1ccc2c(c1)N(CCCC(=O)Nc1cccc3nsnc13)C(=O)CO2. The zero-order valence-corrected chi connectivity index (χ0v) is 15.6. The molecule has 2 amide bonds. The molecule has 27 heavy (non-hydrogen) atoms. The molecule has 0 radical (unpaired) electrons. The van der Waals surface area contributed by atoms with Gasteiger partial charge in [0.2, 0.25) is 5.91 Å². The first-order chi connectivity index (χ1) is 13.1. The second-order valence-electron chi connectivity index (χ2n) is 6.39. The minimum Gasteiger partial charge on any atom is -0.482 e. The molecule has 1 aliphatic rings. The Morgan fingerprint density at radius 1 is 1.30 bits per heavy atom. The summed E-state index contributed by atoms with van der Waals surface area (Å²) in [4.78, 5) is 26.3. The van der Waals surface area contributed by atoms with Crippen molar-refractivity contribution in [2.45, 2.75) is 19.8 Å². The van der Waals surface area contributed by atoms with Crippen molar-refractivity contribution in [3.8, 4) is 5.75 Å². The molecule has 8 heteroatoms. The molecule has 0 saturated carbocycles. The van der Waals surface area contributed by atoms with Crippen molar-refractivity contribution in [3.63, 3.8) is 0 Å². The first kappa shape index (κ1) is 17.4. The van der Waals surface area contributed by atoms with Crippen molar-refractivity contribution in [1.29, 1.82) is 0 Å². The summed E-state index contributed by atoms with van der Waals surface area (Å²) in [5.74, 6) is 0.500. The number of hydrogen-bond acceptors (Lipinski definition) is 6. The highest BCUT2D eigenvalue weighted by Crippen LogP contribution is 2.33. The molecule has 1 N–H and O–H groups in total. The third kappa shape index (κ3) is 3.61. The molecule has 138 valence electrons. The number of amides is 2. The number of carbonyl (C=O) groups excluding carboxylic acids is 2. The lowest BCUT2D eigenvalue weighted by Gasteiger charge is -2.29. The predicted molar refractivity (Wildman–Crippen MR) is 104 cm³/mol. The van der Waals surface area contributed by atoms with E-state index in [-0.39, 0.29) is 18.4 Å². The number of anilines is 2. The molecule has 0 bridgehead atoms. The summed E-state index contributed by atoms with van der Waals surface area (Å²) in [6.07, 6.45) is 0.857. The highest BCUT2D eigenvalue weighted by molar-refractivity contribution is 7.00. The molecule has 4 rings (SSSR count). The lowest BCUT2D eigenvalue weighted by Crippen LogP contribution is -2.39. The van der Waals surface area contributed by atoms with Crippen LogP contribution >= 0.6 is 11.7 Å². The maximum atomic E-state index is 12.3. The molecule has 2 aromatic carbocycles. The Kier molecular flexibility index (Phi) is 4.72. The van der Waals surface area contributed by atoms with Gasteiger partial charge in [0.1, 0.15) is 16.8 Å². The van der Waals surface area contributed by atoms with Gasteiger partial charge in [-0.3, -0.25) is 9.59 Å². The van der Waals surface area contributed by atoms with Crippen LogP contribution in [0.2, 0.25) is 0 Å². The average molecular weight is 382 g/mol. The van der Waals surface area contributed by atoms with Gasteiger partial charge in [-0.25, -0.2) is 0 Å². The molecule has 0 atom stereocenters. The second kappa shape index (κ2) is 7.32. The summed E-state index contributed by atoms with van der Waals surface area (Å²) < 4.78 is 13.9. The van der Waals surface area contributed by atoms with Crippen LogP contribution in [-0.2, 0) is 9.59 Å². The van der Waals surface area contributed by atoms with Gasteiger partial charge in [-0.1, -0.05) is 12.1 Å².